The molecule has 3 heterocycles. The van der Waals surface area contributed by atoms with Gasteiger partial charge in [-0.25, -0.2) is 9.89 Å². The van der Waals surface area contributed by atoms with E-state index in [1.54, 1.807) is 10.8 Å². The molecule has 1 N–H and O–H groups in total. The van der Waals surface area contributed by atoms with E-state index in [0.29, 0.717) is 11.7 Å². The maximum atomic E-state index is 12.1. The molecular weight excluding hydrogens is 376 g/mol. The van der Waals surface area contributed by atoms with Crippen molar-refractivity contribution >= 4 is 11.7 Å². The fraction of sp³-hybridized carbons (Fsp3) is 0.211. The second-order valence-corrected chi connectivity index (χ2v) is 6.60. The van der Waals surface area contributed by atoms with E-state index < -0.39 is 11.5 Å². The number of hydrogen-bond acceptors (Lipinski definition) is 8. The quantitative estimate of drug-likeness (QED) is 0.507. The Kier molecular flexibility index (Phi) is 4.59. The number of H-pyrrole nitrogens is 1. The molecule has 0 spiro atoms. The molecule has 0 unspecified atom stereocenters. The Hall–Kier alpha value is -3.95. The Labute approximate surface area is 165 Å². The zero-order valence-corrected chi connectivity index (χ0v) is 16.0. The first kappa shape index (κ1) is 18.4. The van der Waals surface area contributed by atoms with Crippen molar-refractivity contribution in [2.24, 2.45) is 0 Å². The predicted molar refractivity (Wildman–Crippen MR) is 104 cm³/mol. The van der Waals surface area contributed by atoms with Crippen molar-refractivity contribution in [1.29, 1.82) is 0 Å². The fourth-order valence-electron chi connectivity index (χ4n) is 2.94. The van der Waals surface area contributed by atoms with Crippen molar-refractivity contribution in [3.05, 3.63) is 58.5 Å². The third-order valence-electron chi connectivity index (χ3n) is 4.45. The number of fused-ring (bicyclic) bond motifs is 1. The number of carbonyl (C=O) groups is 1. The van der Waals surface area contributed by atoms with Crippen molar-refractivity contribution in [3.8, 4) is 22.6 Å². The number of benzene rings is 1. The van der Waals surface area contributed by atoms with Gasteiger partial charge in [0.2, 0.25) is 11.7 Å². The number of methoxy groups -OCH3 is 1. The summed E-state index contributed by atoms with van der Waals surface area (Å²) in [7, 11) is 5.19. The average molecular weight is 394 g/mol. The van der Waals surface area contributed by atoms with Gasteiger partial charge >= 0.3 is 5.97 Å². The lowest BCUT2D eigenvalue weighted by Crippen LogP contribution is -2.12. The van der Waals surface area contributed by atoms with Crippen molar-refractivity contribution in [3.63, 3.8) is 0 Å². The summed E-state index contributed by atoms with van der Waals surface area (Å²) in [5.74, 6) is 0.184. The van der Waals surface area contributed by atoms with E-state index in [0.717, 1.165) is 11.3 Å². The van der Waals surface area contributed by atoms with Gasteiger partial charge in [0, 0.05) is 37.7 Å². The summed E-state index contributed by atoms with van der Waals surface area (Å²) < 4.78 is 11.7. The first-order valence-corrected chi connectivity index (χ1v) is 8.73. The number of ether oxygens (including phenoxy) is 1. The molecule has 0 radical (unpaired) electrons. The van der Waals surface area contributed by atoms with Crippen LogP contribution in [0.4, 0.5) is 5.69 Å². The van der Waals surface area contributed by atoms with Crippen LogP contribution >= 0.6 is 0 Å². The van der Waals surface area contributed by atoms with Crippen LogP contribution in [0.5, 0.6) is 0 Å². The van der Waals surface area contributed by atoms with Crippen LogP contribution in [-0.4, -0.2) is 52.1 Å². The van der Waals surface area contributed by atoms with Crippen LogP contribution < -0.4 is 10.5 Å². The molecule has 1 aromatic carbocycles. The Morgan fingerprint density at radius 1 is 1.24 bits per heavy atom. The highest BCUT2D eigenvalue weighted by Gasteiger charge is 2.22. The number of hydrogen-bond donors (Lipinski definition) is 1. The molecule has 10 nitrogen and oxygen atoms in total. The largest absolute Gasteiger partial charge is 0.465 e. The first-order chi connectivity index (χ1) is 14.0. The summed E-state index contributed by atoms with van der Waals surface area (Å²) in [6.07, 6.45) is 3.10. The number of esters is 1. The van der Waals surface area contributed by atoms with E-state index in [2.05, 4.69) is 20.3 Å². The summed E-state index contributed by atoms with van der Waals surface area (Å²) in [6.45, 7) is 0.174. The summed E-state index contributed by atoms with van der Waals surface area (Å²) >= 11 is 0. The Bertz CT molecular complexity index is 1190. The van der Waals surface area contributed by atoms with E-state index in [9.17, 15) is 9.59 Å². The molecule has 0 atom stereocenters. The zero-order valence-electron chi connectivity index (χ0n) is 16.0. The molecule has 0 aliphatic carbocycles. The van der Waals surface area contributed by atoms with Crippen LogP contribution in [0.15, 0.2) is 46.0 Å². The van der Waals surface area contributed by atoms with Gasteiger partial charge in [-0.1, -0.05) is 5.16 Å². The number of rotatable bonds is 5. The highest BCUT2D eigenvalue weighted by atomic mass is 16.5. The normalized spacial score (nSPS) is 11.0. The summed E-state index contributed by atoms with van der Waals surface area (Å²) in [5.41, 5.74) is 2.18. The van der Waals surface area contributed by atoms with Gasteiger partial charge < -0.3 is 18.7 Å². The minimum Gasteiger partial charge on any atom is -0.465 e. The zero-order chi connectivity index (χ0) is 20.5. The highest BCUT2D eigenvalue weighted by molar-refractivity contribution is 5.95. The van der Waals surface area contributed by atoms with Crippen LogP contribution in [0.25, 0.3) is 22.6 Å². The van der Waals surface area contributed by atoms with Crippen LogP contribution in [0.3, 0.4) is 0 Å². The van der Waals surface area contributed by atoms with Gasteiger partial charge in [0.25, 0.3) is 5.56 Å². The van der Waals surface area contributed by atoms with Gasteiger partial charge in [0.1, 0.15) is 17.8 Å². The van der Waals surface area contributed by atoms with E-state index in [1.165, 1.54) is 13.3 Å². The molecule has 2 aromatic rings. The van der Waals surface area contributed by atoms with Gasteiger partial charge in [-0.3, -0.25) is 4.79 Å². The first-order valence-electron chi connectivity index (χ1n) is 8.73. The smallest absolute Gasteiger partial charge is 0.341 e. The summed E-state index contributed by atoms with van der Waals surface area (Å²) in [6, 6.07) is 7.75. The second-order valence-electron chi connectivity index (χ2n) is 6.60. The number of nitrogens with one attached hydrogen (secondary N) is 1. The molecule has 0 amide bonds. The van der Waals surface area contributed by atoms with Gasteiger partial charge in [0.15, 0.2) is 0 Å². The Morgan fingerprint density at radius 3 is 2.69 bits per heavy atom. The molecule has 10 heteroatoms. The van der Waals surface area contributed by atoms with Crippen molar-refractivity contribution in [2.75, 3.05) is 26.1 Å². The third kappa shape index (κ3) is 3.47. The molecule has 29 heavy (non-hydrogen) atoms. The molecule has 0 saturated carbocycles. The third-order valence-corrected chi connectivity index (χ3v) is 4.45. The lowest BCUT2D eigenvalue weighted by atomic mass is 10.1. The SMILES string of the molecule is COC(=O)c1cn(Cc2nc(-c3ccc(N(C)C)cc3)no2)cc2c(=O)[nH]nc1-2. The molecule has 148 valence electrons. The van der Waals surface area contributed by atoms with Crippen molar-refractivity contribution < 1.29 is 14.1 Å². The van der Waals surface area contributed by atoms with Crippen LogP contribution in [-0.2, 0) is 11.3 Å². The van der Waals surface area contributed by atoms with Crippen LogP contribution in [0.2, 0.25) is 0 Å². The molecule has 2 aliphatic rings. The topological polar surface area (TPSA) is 119 Å². The predicted octanol–water partition coefficient (Wildman–Crippen LogP) is 1.63. The Morgan fingerprint density at radius 2 is 2.00 bits per heavy atom. The Balaban J connectivity index is 1.64. The minimum absolute atomic E-state index is 0.169. The molecule has 4 rings (SSSR count). The lowest BCUT2D eigenvalue weighted by Gasteiger charge is -2.11. The number of anilines is 1. The highest BCUT2D eigenvalue weighted by Crippen LogP contribution is 2.23. The van der Waals surface area contributed by atoms with Crippen LogP contribution in [0, 0.1) is 0 Å². The fourth-order valence-corrected chi connectivity index (χ4v) is 2.94. The minimum atomic E-state index is -0.594. The van der Waals surface area contributed by atoms with E-state index in [-0.39, 0.29) is 23.4 Å². The van der Waals surface area contributed by atoms with Crippen LogP contribution in [0.1, 0.15) is 16.2 Å². The molecule has 1 aromatic heterocycles. The number of pyridine rings is 1. The number of carbonyl (C=O) groups excluding carboxylic acids is 1. The van der Waals surface area contributed by atoms with E-state index in [1.807, 2.05) is 43.3 Å². The maximum Gasteiger partial charge on any atom is 0.341 e. The van der Waals surface area contributed by atoms with E-state index in [4.69, 9.17) is 9.26 Å². The summed E-state index contributed by atoms with van der Waals surface area (Å²) in [4.78, 5) is 30.4. The molecule has 0 bridgehead atoms. The lowest BCUT2D eigenvalue weighted by molar-refractivity contribution is 0.0600. The second kappa shape index (κ2) is 7.23. The summed E-state index contributed by atoms with van der Waals surface area (Å²) in [5, 5.41) is 10.3. The van der Waals surface area contributed by atoms with Gasteiger partial charge in [-0.05, 0) is 24.3 Å². The monoisotopic (exact) mass is 394 g/mol. The van der Waals surface area contributed by atoms with Gasteiger partial charge in [-0.2, -0.15) is 10.1 Å². The average Bonchev–Trinajstić information content (AvgIpc) is 3.34. The number of nitrogens with zero attached hydrogens (tertiary/aromatic N) is 5. The van der Waals surface area contributed by atoms with Crippen molar-refractivity contribution in [2.45, 2.75) is 6.54 Å². The van der Waals surface area contributed by atoms with Gasteiger partial charge in [0.05, 0.1) is 12.7 Å². The van der Waals surface area contributed by atoms with Gasteiger partial charge in [-0.15, -0.1) is 0 Å². The molecule has 2 aliphatic heterocycles. The standard InChI is InChI=1S/C19H18N6O4/c1-24(2)12-6-4-11(5-7-12)17-20-15(29-23-17)10-25-8-13-16(21-22-18(13)26)14(9-25)19(27)28-3/h4-9H,10H2,1-3H3,(H,22,26). The van der Waals surface area contributed by atoms with Crippen molar-refractivity contribution in [1.82, 2.24) is 24.9 Å². The molecule has 0 saturated heterocycles. The maximum absolute atomic E-state index is 12.1. The molecular formula is C19H18N6O4. The number of aromatic nitrogens is 5. The molecule has 0 fully saturated rings. The van der Waals surface area contributed by atoms with E-state index >= 15 is 0 Å². The number of aromatic amines is 1.